The molecule has 0 saturated heterocycles. The number of benzene rings is 2. The fourth-order valence-corrected chi connectivity index (χ4v) is 5.86. The molecule has 0 N–H and O–H groups in total. The van der Waals surface area contributed by atoms with Crippen LogP contribution in [0.4, 0.5) is 5.69 Å². The Bertz CT molecular complexity index is 1730. The monoisotopic (exact) mass is 525 g/mol. The first-order valence-corrected chi connectivity index (χ1v) is 13.7. The van der Waals surface area contributed by atoms with E-state index in [0.29, 0.717) is 18.5 Å². The van der Waals surface area contributed by atoms with E-state index in [0.717, 1.165) is 50.1 Å². The van der Waals surface area contributed by atoms with E-state index in [1.54, 1.807) is 30.5 Å². The van der Waals surface area contributed by atoms with Gasteiger partial charge in [0.25, 0.3) is 10.0 Å². The average Bonchev–Trinajstić information content (AvgIpc) is 3.28. The van der Waals surface area contributed by atoms with E-state index >= 15 is 0 Å². The lowest BCUT2D eigenvalue weighted by Crippen LogP contribution is -2.30. The predicted octanol–water partition coefficient (Wildman–Crippen LogP) is 5.07. The molecule has 5 aromatic rings. The van der Waals surface area contributed by atoms with Crippen LogP contribution in [-0.2, 0) is 27.8 Å². The first kappa shape index (κ1) is 25.3. The van der Waals surface area contributed by atoms with Crippen LogP contribution in [0.1, 0.15) is 29.6 Å². The van der Waals surface area contributed by atoms with Crippen LogP contribution in [0.3, 0.4) is 0 Å². The van der Waals surface area contributed by atoms with E-state index in [1.165, 1.54) is 18.3 Å². The van der Waals surface area contributed by atoms with Crippen LogP contribution in [0.15, 0.2) is 84.0 Å². The SMILES string of the molecule is CCc1nc2c(C)cc(C)nc2n1Cc1ccc(-c2ccncc2N(C=O)S(=O)(=O)c2ccccc2)cc1. The van der Waals surface area contributed by atoms with Crippen LogP contribution < -0.4 is 4.31 Å². The van der Waals surface area contributed by atoms with Crippen molar-refractivity contribution in [3.8, 4) is 11.1 Å². The van der Waals surface area contributed by atoms with Crippen molar-refractivity contribution >= 4 is 33.3 Å². The lowest BCUT2D eigenvalue weighted by atomic mass is 10.0. The van der Waals surface area contributed by atoms with Crippen molar-refractivity contribution in [2.75, 3.05) is 4.31 Å². The Labute approximate surface area is 221 Å². The number of carbonyl (C=O) groups is 1. The molecule has 192 valence electrons. The fraction of sp³-hybridized carbons (Fsp3) is 0.172. The lowest BCUT2D eigenvalue weighted by Gasteiger charge is -2.20. The summed E-state index contributed by atoms with van der Waals surface area (Å²) in [4.78, 5) is 25.8. The first-order valence-electron chi connectivity index (χ1n) is 12.2. The summed E-state index contributed by atoms with van der Waals surface area (Å²) in [5.41, 5.74) is 6.40. The smallest absolute Gasteiger partial charge is 0.270 e. The Morgan fingerprint density at radius 1 is 0.974 bits per heavy atom. The van der Waals surface area contributed by atoms with E-state index < -0.39 is 10.0 Å². The highest BCUT2D eigenvalue weighted by Crippen LogP contribution is 2.33. The number of rotatable bonds is 8. The fourth-order valence-electron chi connectivity index (χ4n) is 4.61. The van der Waals surface area contributed by atoms with Crippen LogP contribution in [-0.4, -0.2) is 34.3 Å². The summed E-state index contributed by atoms with van der Waals surface area (Å²) in [6.07, 6.45) is 4.06. The summed E-state index contributed by atoms with van der Waals surface area (Å²) >= 11 is 0. The average molecular weight is 526 g/mol. The van der Waals surface area contributed by atoms with Gasteiger partial charge in [-0.05, 0) is 54.8 Å². The van der Waals surface area contributed by atoms with Crippen molar-refractivity contribution < 1.29 is 13.2 Å². The van der Waals surface area contributed by atoms with Gasteiger partial charge in [0.1, 0.15) is 11.3 Å². The van der Waals surface area contributed by atoms with Crippen molar-refractivity contribution in [1.82, 2.24) is 19.5 Å². The third-order valence-corrected chi connectivity index (χ3v) is 8.12. The Hall–Kier alpha value is -4.37. The van der Waals surface area contributed by atoms with Gasteiger partial charge in [-0.15, -0.1) is 0 Å². The molecule has 0 aliphatic heterocycles. The molecule has 0 spiro atoms. The summed E-state index contributed by atoms with van der Waals surface area (Å²) in [5, 5.41) is 0. The van der Waals surface area contributed by atoms with Gasteiger partial charge >= 0.3 is 0 Å². The van der Waals surface area contributed by atoms with Crippen LogP contribution in [0.5, 0.6) is 0 Å². The number of carbonyl (C=O) groups excluding carboxylic acids is 1. The second kappa shape index (κ2) is 10.2. The number of nitrogens with zero attached hydrogens (tertiary/aromatic N) is 5. The first-order chi connectivity index (χ1) is 18.3. The van der Waals surface area contributed by atoms with E-state index in [2.05, 4.69) is 23.4 Å². The van der Waals surface area contributed by atoms with Crippen molar-refractivity contribution in [3.63, 3.8) is 0 Å². The number of amides is 1. The van der Waals surface area contributed by atoms with Gasteiger partial charge in [-0.25, -0.2) is 22.7 Å². The van der Waals surface area contributed by atoms with Gasteiger partial charge in [0.05, 0.1) is 23.3 Å². The number of anilines is 1. The molecule has 5 rings (SSSR count). The molecule has 38 heavy (non-hydrogen) atoms. The van der Waals surface area contributed by atoms with Crippen molar-refractivity contribution in [2.45, 2.75) is 38.6 Å². The number of imidazole rings is 1. The van der Waals surface area contributed by atoms with Crippen LogP contribution in [0.2, 0.25) is 0 Å². The Balaban J connectivity index is 1.50. The van der Waals surface area contributed by atoms with Gasteiger partial charge in [0.2, 0.25) is 6.41 Å². The van der Waals surface area contributed by atoms with Gasteiger partial charge in [-0.2, -0.15) is 0 Å². The number of aromatic nitrogens is 4. The van der Waals surface area contributed by atoms with Crippen molar-refractivity contribution in [2.24, 2.45) is 0 Å². The zero-order valence-corrected chi connectivity index (χ0v) is 22.2. The van der Waals surface area contributed by atoms with Gasteiger partial charge in [0, 0.05) is 23.9 Å². The normalized spacial score (nSPS) is 11.6. The lowest BCUT2D eigenvalue weighted by molar-refractivity contribution is -0.106. The molecule has 2 aromatic carbocycles. The molecule has 3 aromatic heterocycles. The molecule has 0 radical (unpaired) electrons. The molecule has 9 heteroatoms. The van der Waals surface area contributed by atoms with Crippen LogP contribution in [0, 0.1) is 13.8 Å². The Morgan fingerprint density at radius 3 is 2.39 bits per heavy atom. The Kier molecular flexibility index (Phi) is 6.77. The van der Waals surface area contributed by atoms with Gasteiger partial charge < -0.3 is 4.57 Å². The standard InChI is InChI=1S/C29H27N5O3S/c1-4-27-32-28-20(2)16-21(3)31-29(28)33(27)18-22-10-12-23(13-11-22)25-14-15-30-17-26(25)34(19-35)38(36,37)24-8-6-5-7-9-24/h5-17,19H,4,18H2,1-3H3. The second-order valence-corrected chi connectivity index (χ2v) is 10.8. The second-order valence-electron chi connectivity index (χ2n) is 9.03. The summed E-state index contributed by atoms with van der Waals surface area (Å²) in [5.74, 6) is 0.967. The summed E-state index contributed by atoms with van der Waals surface area (Å²) < 4.78 is 29.4. The minimum absolute atomic E-state index is 0.0237. The largest absolute Gasteiger partial charge is 0.308 e. The van der Waals surface area contributed by atoms with Crippen molar-refractivity contribution in [3.05, 3.63) is 102 Å². The highest BCUT2D eigenvalue weighted by molar-refractivity contribution is 7.93. The molecule has 0 saturated carbocycles. The quantitative estimate of drug-likeness (QED) is 0.262. The Morgan fingerprint density at radius 2 is 1.71 bits per heavy atom. The van der Waals surface area contributed by atoms with E-state index in [1.807, 2.05) is 37.3 Å². The summed E-state index contributed by atoms with van der Waals surface area (Å²) in [6.45, 7) is 6.71. The van der Waals surface area contributed by atoms with E-state index in [4.69, 9.17) is 9.97 Å². The molecular weight excluding hydrogens is 498 g/mol. The number of aryl methyl sites for hydroxylation is 3. The van der Waals surface area contributed by atoms with Crippen molar-refractivity contribution in [1.29, 1.82) is 0 Å². The topological polar surface area (TPSA) is 98.1 Å². The maximum absolute atomic E-state index is 13.2. The van der Waals surface area contributed by atoms with Gasteiger partial charge in [0.15, 0.2) is 5.65 Å². The number of hydrogen-bond acceptors (Lipinski definition) is 6. The zero-order valence-electron chi connectivity index (χ0n) is 21.4. The molecule has 0 bridgehead atoms. The predicted molar refractivity (Wildman–Crippen MR) is 147 cm³/mol. The third-order valence-electron chi connectivity index (χ3n) is 6.46. The van der Waals surface area contributed by atoms with Crippen LogP contribution in [0.25, 0.3) is 22.3 Å². The third kappa shape index (κ3) is 4.56. The van der Waals surface area contributed by atoms with E-state index in [-0.39, 0.29) is 10.6 Å². The molecule has 0 fully saturated rings. The minimum Gasteiger partial charge on any atom is -0.308 e. The molecule has 8 nitrogen and oxygen atoms in total. The molecule has 0 atom stereocenters. The summed E-state index contributed by atoms with van der Waals surface area (Å²) in [7, 11) is -4.10. The molecule has 0 unspecified atom stereocenters. The molecule has 0 aliphatic carbocycles. The maximum atomic E-state index is 13.2. The van der Waals surface area contributed by atoms with Crippen LogP contribution >= 0.6 is 0 Å². The highest BCUT2D eigenvalue weighted by Gasteiger charge is 2.27. The van der Waals surface area contributed by atoms with E-state index in [9.17, 15) is 13.2 Å². The molecule has 3 heterocycles. The van der Waals surface area contributed by atoms with Gasteiger partial charge in [-0.3, -0.25) is 9.78 Å². The number of fused-ring (bicyclic) bond motifs is 1. The molecular formula is C29H27N5O3S. The maximum Gasteiger partial charge on any atom is 0.270 e. The minimum atomic E-state index is -4.10. The number of pyridine rings is 2. The number of sulfonamides is 1. The molecule has 1 amide bonds. The van der Waals surface area contributed by atoms with Gasteiger partial charge in [-0.1, -0.05) is 49.4 Å². The molecule has 0 aliphatic rings. The summed E-state index contributed by atoms with van der Waals surface area (Å²) in [6, 6.07) is 19.4. The highest BCUT2D eigenvalue weighted by atomic mass is 32.2. The number of hydrogen-bond donors (Lipinski definition) is 0. The zero-order chi connectivity index (χ0) is 26.9.